The number of thioether (sulfide) groups is 1. The fourth-order valence-corrected chi connectivity index (χ4v) is 4.23. The minimum absolute atomic E-state index is 0.118. The molecule has 0 unspecified atom stereocenters. The lowest BCUT2D eigenvalue weighted by atomic mass is 10.1. The molecule has 0 saturated heterocycles. The van der Waals surface area contributed by atoms with Gasteiger partial charge in [0.15, 0.2) is 22.5 Å². The molecule has 0 bridgehead atoms. The molecule has 8 nitrogen and oxygen atoms in total. The number of aryl methyl sites for hydroxylation is 2. The van der Waals surface area contributed by atoms with E-state index in [2.05, 4.69) is 28.2 Å². The maximum absolute atomic E-state index is 12.5. The molecule has 1 heterocycles. The van der Waals surface area contributed by atoms with E-state index in [0.29, 0.717) is 34.8 Å². The Balaban J connectivity index is 1.84. The zero-order chi connectivity index (χ0) is 24.0. The molecule has 2 aromatic carbocycles. The van der Waals surface area contributed by atoms with Gasteiger partial charge in [-0.1, -0.05) is 23.9 Å². The van der Waals surface area contributed by atoms with Crippen molar-refractivity contribution in [3.8, 4) is 28.6 Å². The van der Waals surface area contributed by atoms with E-state index < -0.39 is 0 Å². The lowest BCUT2D eigenvalue weighted by Crippen LogP contribution is -2.15. The van der Waals surface area contributed by atoms with Crippen LogP contribution in [0.15, 0.2) is 48.1 Å². The number of hydrogen-bond donors (Lipinski definition) is 1. The molecule has 0 saturated carbocycles. The molecule has 1 N–H and O–H groups in total. The zero-order valence-corrected chi connectivity index (χ0v) is 20.3. The van der Waals surface area contributed by atoms with Crippen molar-refractivity contribution in [3.63, 3.8) is 0 Å². The van der Waals surface area contributed by atoms with Crippen molar-refractivity contribution in [2.45, 2.75) is 25.5 Å². The SMILES string of the molecule is C=CCn1c(SCC(=O)Nc2cc(C)cc(C)c2)nnc1-c1cc(OC)c(OC)c(OC)c1. The molecule has 174 valence electrons. The molecule has 3 aromatic rings. The Kier molecular flexibility index (Phi) is 8.00. The predicted molar refractivity (Wildman–Crippen MR) is 131 cm³/mol. The van der Waals surface area contributed by atoms with Gasteiger partial charge in [0.05, 0.1) is 27.1 Å². The van der Waals surface area contributed by atoms with Crippen LogP contribution in [0.5, 0.6) is 17.2 Å². The average Bonchev–Trinajstić information content (AvgIpc) is 3.18. The summed E-state index contributed by atoms with van der Waals surface area (Å²) in [5, 5.41) is 12.2. The van der Waals surface area contributed by atoms with Crippen LogP contribution in [0.2, 0.25) is 0 Å². The van der Waals surface area contributed by atoms with E-state index in [9.17, 15) is 4.79 Å². The predicted octanol–water partition coefficient (Wildman–Crippen LogP) is 4.50. The minimum Gasteiger partial charge on any atom is -0.493 e. The van der Waals surface area contributed by atoms with E-state index in [0.717, 1.165) is 22.4 Å². The standard InChI is InChI=1S/C24H28N4O4S/c1-7-8-28-23(17-12-19(30-4)22(32-6)20(13-17)31-5)26-27-24(28)33-14-21(29)25-18-10-15(2)9-16(3)11-18/h7,9-13H,1,8,14H2,2-6H3,(H,25,29). The second kappa shape index (κ2) is 10.9. The second-order valence-electron chi connectivity index (χ2n) is 7.33. The molecule has 0 atom stereocenters. The Bertz CT molecular complexity index is 1110. The molecule has 3 rings (SSSR count). The maximum atomic E-state index is 12.5. The van der Waals surface area contributed by atoms with E-state index in [1.54, 1.807) is 27.4 Å². The van der Waals surface area contributed by atoms with Crippen LogP contribution >= 0.6 is 11.8 Å². The molecule has 1 amide bonds. The molecule has 9 heteroatoms. The number of aromatic nitrogens is 3. The Labute approximate surface area is 198 Å². The fourth-order valence-electron chi connectivity index (χ4n) is 3.49. The van der Waals surface area contributed by atoms with Gasteiger partial charge in [-0.15, -0.1) is 16.8 Å². The lowest BCUT2D eigenvalue weighted by molar-refractivity contribution is -0.113. The number of amides is 1. The van der Waals surface area contributed by atoms with Gasteiger partial charge >= 0.3 is 0 Å². The third-order valence-electron chi connectivity index (χ3n) is 4.79. The molecule has 33 heavy (non-hydrogen) atoms. The van der Waals surface area contributed by atoms with Gasteiger partial charge in [-0.25, -0.2) is 0 Å². The molecule has 0 aliphatic carbocycles. The molecular formula is C24H28N4O4S. The van der Waals surface area contributed by atoms with Gasteiger partial charge in [0.1, 0.15) is 0 Å². The summed E-state index contributed by atoms with van der Waals surface area (Å²) in [5.41, 5.74) is 3.71. The monoisotopic (exact) mass is 468 g/mol. The van der Waals surface area contributed by atoms with Crippen molar-refractivity contribution >= 4 is 23.4 Å². The highest BCUT2D eigenvalue weighted by atomic mass is 32.2. The Morgan fingerprint density at radius 3 is 2.21 bits per heavy atom. The number of nitrogens with one attached hydrogen (secondary N) is 1. The van der Waals surface area contributed by atoms with Crippen LogP contribution in [-0.4, -0.2) is 47.8 Å². The fraction of sp³-hybridized carbons (Fsp3) is 0.292. The molecule has 0 spiro atoms. The van der Waals surface area contributed by atoms with E-state index in [1.807, 2.05) is 42.7 Å². The number of ether oxygens (including phenoxy) is 3. The van der Waals surface area contributed by atoms with Gasteiger partial charge in [0, 0.05) is 17.8 Å². The first-order valence-electron chi connectivity index (χ1n) is 10.3. The smallest absolute Gasteiger partial charge is 0.234 e. The zero-order valence-electron chi connectivity index (χ0n) is 19.5. The van der Waals surface area contributed by atoms with Gasteiger partial charge in [0.25, 0.3) is 0 Å². The molecule has 0 fully saturated rings. The second-order valence-corrected chi connectivity index (χ2v) is 8.28. The van der Waals surface area contributed by atoms with Crippen LogP contribution in [0.3, 0.4) is 0 Å². The molecular weight excluding hydrogens is 440 g/mol. The Morgan fingerprint density at radius 1 is 1.03 bits per heavy atom. The number of hydrogen-bond acceptors (Lipinski definition) is 7. The van der Waals surface area contributed by atoms with Crippen molar-refractivity contribution in [1.29, 1.82) is 0 Å². The third kappa shape index (κ3) is 5.67. The van der Waals surface area contributed by atoms with Gasteiger partial charge < -0.3 is 19.5 Å². The van der Waals surface area contributed by atoms with Gasteiger partial charge in [-0.2, -0.15) is 0 Å². The van der Waals surface area contributed by atoms with Crippen LogP contribution in [0.25, 0.3) is 11.4 Å². The van der Waals surface area contributed by atoms with E-state index in [1.165, 1.54) is 11.8 Å². The summed E-state index contributed by atoms with van der Waals surface area (Å²) in [5.74, 6) is 2.21. The summed E-state index contributed by atoms with van der Waals surface area (Å²) in [6, 6.07) is 9.57. The van der Waals surface area contributed by atoms with Crippen molar-refractivity contribution in [2.24, 2.45) is 0 Å². The first-order valence-corrected chi connectivity index (χ1v) is 11.2. The number of benzene rings is 2. The molecule has 0 radical (unpaired) electrons. The van der Waals surface area contributed by atoms with Crippen LogP contribution in [0.1, 0.15) is 11.1 Å². The number of anilines is 1. The van der Waals surface area contributed by atoms with Crippen molar-refractivity contribution in [3.05, 3.63) is 54.1 Å². The normalized spacial score (nSPS) is 10.6. The highest BCUT2D eigenvalue weighted by Crippen LogP contribution is 2.41. The van der Waals surface area contributed by atoms with Crippen molar-refractivity contribution in [2.75, 3.05) is 32.4 Å². The topological polar surface area (TPSA) is 87.5 Å². The summed E-state index contributed by atoms with van der Waals surface area (Å²) in [6.45, 7) is 8.31. The van der Waals surface area contributed by atoms with Crippen LogP contribution < -0.4 is 19.5 Å². The summed E-state index contributed by atoms with van der Waals surface area (Å²) in [7, 11) is 4.68. The molecule has 1 aromatic heterocycles. The van der Waals surface area contributed by atoms with Crippen LogP contribution in [-0.2, 0) is 11.3 Å². The summed E-state index contributed by atoms with van der Waals surface area (Å²) in [4.78, 5) is 12.5. The molecule has 0 aliphatic heterocycles. The van der Waals surface area contributed by atoms with Crippen molar-refractivity contribution < 1.29 is 19.0 Å². The summed E-state index contributed by atoms with van der Waals surface area (Å²) < 4.78 is 18.2. The van der Waals surface area contributed by atoms with E-state index >= 15 is 0 Å². The lowest BCUT2D eigenvalue weighted by Gasteiger charge is -2.14. The first kappa shape index (κ1) is 24.2. The van der Waals surface area contributed by atoms with E-state index in [-0.39, 0.29) is 11.7 Å². The number of carbonyl (C=O) groups excluding carboxylic acids is 1. The number of nitrogens with zero attached hydrogens (tertiary/aromatic N) is 3. The summed E-state index contributed by atoms with van der Waals surface area (Å²) in [6.07, 6.45) is 1.75. The first-order chi connectivity index (χ1) is 15.9. The molecule has 0 aliphatic rings. The third-order valence-corrected chi connectivity index (χ3v) is 5.76. The van der Waals surface area contributed by atoms with Gasteiger partial charge in [-0.05, 0) is 49.2 Å². The highest BCUT2D eigenvalue weighted by molar-refractivity contribution is 7.99. The number of carbonyl (C=O) groups is 1. The minimum atomic E-state index is -0.118. The largest absolute Gasteiger partial charge is 0.493 e. The quantitative estimate of drug-likeness (QED) is 0.346. The van der Waals surface area contributed by atoms with Crippen molar-refractivity contribution in [1.82, 2.24) is 14.8 Å². The van der Waals surface area contributed by atoms with Gasteiger partial charge in [-0.3, -0.25) is 9.36 Å². The maximum Gasteiger partial charge on any atom is 0.234 e. The van der Waals surface area contributed by atoms with Gasteiger partial charge in [0.2, 0.25) is 11.7 Å². The highest BCUT2D eigenvalue weighted by Gasteiger charge is 2.20. The van der Waals surface area contributed by atoms with Crippen LogP contribution in [0, 0.1) is 13.8 Å². The Morgan fingerprint density at radius 2 is 1.67 bits per heavy atom. The van der Waals surface area contributed by atoms with Crippen LogP contribution in [0.4, 0.5) is 5.69 Å². The Hall–Kier alpha value is -3.46. The average molecular weight is 469 g/mol. The number of rotatable bonds is 10. The number of methoxy groups -OCH3 is 3. The summed E-state index contributed by atoms with van der Waals surface area (Å²) >= 11 is 1.31. The number of allylic oxidation sites excluding steroid dienone is 1. The van der Waals surface area contributed by atoms with E-state index in [4.69, 9.17) is 14.2 Å².